The van der Waals surface area contributed by atoms with Gasteiger partial charge in [0.25, 0.3) is 0 Å². The number of carbonyl (C=O) groups is 1. The van der Waals surface area contributed by atoms with Crippen LogP contribution in [0.4, 0.5) is 10.1 Å². The van der Waals surface area contributed by atoms with Gasteiger partial charge >= 0.3 is 0 Å². The molecule has 0 aliphatic carbocycles. The summed E-state index contributed by atoms with van der Waals surface area (Å²) in [5, 5.41) is 9.95. The summed E-state index contributed by atoms with van der Waals surface area (Å²) >= 11 is 0. The third kappa shape index (κ3) is 5.56. The number of nitrogens with zero attached hydrogens (tertiary/aromatic N) is 2. The van der Waals surface area contributed by atoms with Gasteiger partial charge in [0.2, 0.25) is 5.91 Å². The highest BCUT2D eigenvalue weighted by Gasteiger charge is 2.29. The Kier molecular flexibility index (Phi) is 7.24. The molecule has 1 amide bonds. The van der Waals surface area contributed by atoms with Gasteiger partial charge in [-0.3, -0.25) is 9.69 Å². The average Bonchev–Trinajstić information content (AvgIpc) is 2.94. The number of rotatable bonds is 3. The van der Waals surface area contributed by atoms with E-state index in [0.29, 0.717) is 31.1 Å². The summed E-state index contributed by atoms with van der Waals surface area (Å²) in [5.41, 5.74) is 7.61. The van der Waals surface area contributed by atoms with E-state index in [0.717, 1.165) is 50.7 Å². The molecule has 2 saturated heterocycles. The van der Waals surface area contributed by atoms with Crippen molar-refractivity contribution in [3.05, 3.63) is 59.4 Å². The normalized spacial score (nSPS) is 21.3. The van der Waals surface area contributed by atoms with E-state index in [1.165, 1.54) is 30.0 Å². The first-order chi connectivity index (χ1) is 15.5. The van der Waals surface area contributed by atoms with Crippen molar-refractivity contribution >= 4 is 11.6 Å². The SMILES string of the molecule is NC(=O)c1ccc(F)cc1.OC1CCOc2ccc(N3CCN(C4COC4)CC3)cc2C1. The van der Waals surface area contributed by atoms with E-state index in [4.69, 9.17) is 15.2 Å². The molecule has 8 heteroatoms. The van der Waals surface area contributed by atoms with Gasteiger partial charge in [-0.25, -0.2) is 4.39 Å². The highest BCUT2D eigenvalue weighted by molar-refractivity contribution is 5.92. The molecule has 7 nitrogen and oxygen atoms in total. The average molecular weight is 444 g/mol. The Labute approximate surface area is 187 Å². The maximum absolute atomic E-state index is 12.2. The summed E-state index contributed by atoms with van der Waals surface area (Å²) < 4.78 is 23.2. The molecule has 3 N–H and O–H groups in total. The quantitative estimate of drug-likeness (QED) is 0.753. The Bertz CT molecular complexity index is 912. The zero-order valence-corrected chi connectivity index (χ0v) is 18.1. The van der Waals surface area contributed by atoms with E-state index in [1.54, 1.807) is 0 Å². The first-order valence-electron chi connectivity index (χ1n) is 11.1. The van der Waals surface area contributed by atoms with Crippen LogP contribution in [0.5, 0.6) is 5.75 Å². The topological polar surface area (TPSA) is 88.3 Å². The van der Waals surface area contributed by atoms with Crippen LogP contribution in [0, 0.1) is 5.82 Å². The molecule has 1 unspecified atom stereocenters. The van der Waals surface area contributed by atoms with Crippen LogP contribution in [0.2, 0.25) is 0 Å². The van der Waals surface area contributed by atoms with Crippen molar-refractivity contribution in [1.29, 1.82) is 0 Å². The molecule has 5 rings (SSSR count). The minimum absolute atomic E-state index is 0.285. The number of hydrogen-bond acceptors (Lipinski definition) is 6. The molecule has 0 aromatic heterocycles. The number of anilines is 1. The molecule has 3 aliphatic heterocycles. The molecule has 0 spiro atoms. The van der Waals surface area contributed by atoms with Crippen molar-refractivity contribution < 1.29 is 23.8 Å². The summed E-state index contributed by atoms with van der Waals surface area (Å²) in [4.78, 5) is 15.4. The Morgan fingerprint density at radius 3 is 2.41 bits per heavy atom. The summed E-state index contributed by atoms with van der Waals surface area (Å²) in [6, 6.07) is 12.1. The Morgan fingerprint density at radius 2 is 1.78 bits per heavy atom. The maximum Gasteiger partial charge on any atom is 0.248 e. The van der Waals surface area contributed by atoms with Gasteiger partial charge in [-0.1, -0.05) is 0 Å². The zero-order valence-electron chi connectivity index (χ0n) is 18.1. The summed E-state index contributed by atoms with van der Waals surface area (Å²) in [6.45, 7) is 6.71. The van der Waals surface area contributed by atoms with E-state index < -0.39 is 5.91 Å². The van der Waals surface area contributed by atoms with Gasteiger partial charge in [0.1, 0.15) is 11.6 Å². The van der Waals surface area contributed by atoms with Gasteiger partial charge in [0, 0.05) is 50.3 Å². The number of ether oxygens (including phenoxy) is 2. The first kappa shape index (κ1) is 22.5. The lowest BCUT2D eigenvalue weighted by Gasteiger charge is -2.43. The molecule has 2 fully saturated rings. The Hall–Kier alpha value is -2.68. The fourth-order valence-electron chi connectivity index (χ4n) is 4.12. The van der Waals surface area contributed by atoms with Crippen molar-refractivity contribution in [1.82, 2.24) is 4.90 Å². The number of carbonyl (C=O) groups excluding carboxylic acids is 1. The number of fused-ring (bicyclic) bond motifs is 1. The summed E-state index contributed by atoms with van der Waals surface area (Å²) in [7, 11) is 0. The van der Waals surface area contributed by atoms with Gasteiger partial charge in [0.15, 0.2) is 0 Å². The Morgan fingerprint density at radius 1 is 1.06 bits per heavy atom. The minimum Gasteiger partial charge on any atom is -0.493 e. The van der Waals surface area contributed by atoms with Crippen LogP contribution in [-0.4, -0.2) is 74.1 Å². The molecule has 0 radical (unpaired) electrons. The van der Waals surface area contributed by atoms with Crippen LogP contribution in [0.15, 0.2) is 42.5 Å². The van der Waals surface area contributed by atoms with Crippen LogP contribution in [0.25, 0.3) is 0 Å². The third-order valence-electron chi connectivity index (χ3n) is 6.15. The van der Waals surface area contributed by atoms with Crippen molar-refractivity contribution in [2.24, 2.45) is 5.73 Å². The van der Waals surface area contributed by atoms with Gasteiger partial charge in [-0.2, -0.15) is 0 Å². The zero-order chi connectivity index (χ0) is 22.5. The second-order valence-corrected chi connectivity index (χ2v) is 8.37. The van der Waals surface area contributed by atoms with E-state index in [2.05, 4.69) is 28.0 Å². The van der Waals surface area contributed by atoms with Crippen molar-refractivity contribution in [3.63, 3.8) is 0 Å². The van der Waals surface area contributed by atoms with Gasteiger partial charge in [-0.15, -0.1) is 0 Å². The van der Waals surface area contributed by atoms with Crippen molar-refractivity contribution in [2.75, 3.05) is 50.9 Å². The number of nitrogens with two attached hydrogens (primary N) is 1. The molecule has 3 heterocycles. The number of amides is 1. The van der Waals surface area contributed by atoms with Crippen LogP contribution in [0.3, 0.4) is 0 Å². The second-order valence-electron chi connectivity index (χ2n) is 8.37. The van der Waals surface area contributed by atoms with E-state index in [9.17, 15) is 14.3 Å². The number of aliphatic hydroxyl groups excluding tert-OH is 1. The summed E-state index contributed by atoms with van der Waals surface area (Å²) in [6.07, 6.45) is 1.13. The molecule has 1 atom stereocenters. The fraction of sp³-hybridized carbons (Fsp3) is 0.458. The first-order valence-corrected chi connectivity index (χ1v) is 11.1. The fourth-order valence-corrected chi connectivity index (χ4v) is 4.12. The molecule has 172 valence electrons. The second kappa shape index (κ2) is 10.3. The number of hydrogen-bond donors (Lipinski definition) is 2. The number of piperazine rings is 1. The molecule has 3 aliphatic rings. The standard InChI is InChI=1S/C17H24N2O3.C7H6FNO/c20-16-3-8-22-17-2-1-14(9-13(17)10-16)18-4-6-19(7-5-18)15-11-21-12-15;8-6-3-1-5(2-4-6)7(9)10/h1-2,9,15-16,20H,3-8,10-12H2;1-4H,(H2,9,10). The molecule has 2 aromatic carbocycles. The van der Waals surface area contributed by atoms with Crippen molar-refractivity contribution in [2.45, 2.75) is 25.0 Å². The van der Waals surface area contributed by atoms with Crippen LogP contribution >= 0.6 is 0 Å². The lowest BCUT2D eigenvalue weighted by atomic mass is 10.0. The van der Waals surface area contributed by atoms with E-state index in [1.807, 2.05) is 0 Å². The Balaban J connectivity index is 0.000000207. The van der Waals surface area contributed by atoms with Crippen LogP contribution in [-0.2, 0) is 11.2 Å². The lowest BCUT2D eigenvalue weighted by molar-refractivity contribution is -0.0660. The van der Waals surface area contributed by atoms with Crippen LogP contribution < -0.4 is 15.4 Å². The van der Waals surface area contributed by atoms with Gasteiger partial charge in [0.05, 0.1) is 32.0 Å². The van der Waals surface area contributed by atoms with Crippen LogP contribution in [0.1, 0.15) is 22.3 Å². The number of aliphatic hydroxyl groups is 1. The molecular formula is C24H30FN3O4. The lowest BCUT2D eigenvalue weighted by Crippen LogP contribution is -2.56. The molecule has 32 heavy (non-hydrogen) atoms. The molecule has 0 saturated carbocycles. The predicted octanol–water partition coefficient (Wildman–Crippen LogP) is 1.82. The van der Waals surface area contributed by atoms with Gasteiger partial charge < -0.3 is 25.2 Å². The summed E-state index contributed by atoms with van der Waals surface area (Å²) in [5.74, 6) is 0.0237. The third-order valence-corrected chi connectivity index (χ3v) is 6.15. The van der Waals surface area contributed by atoms with E-state index >= 15 is 0 Å². The smallest absolute Gasteiger partial charge is 0.248 e. The molecule has 0 bridgehead atoms. The number of halogens is 1. The highest BCUT2D eigenvalue weighted by Crippen LogP contribution is 2.29. The van der Waals surface area contributed by atoms with Gasteiger partial charge in [-0.05, 0) is 48.0 Å². The number of primary amides is 1. The monoisotopic (exact) mass is 443 g/mol. The van der Waals surface area contributed by atoms with E-state index in [-0.39, 0.29) is 11.9 Å². The van der Waals surface area contributed by atoms with Crippen molar-refractivity contribution in [3.8, 4) is 5.75 Å². The molecular weight excluding hydrogens is 413 g/mol. The number of benzene rings is 2. The largest absolute Gasteiger partial charge is 0.493 e. The minimum atomic E-state index is -0.542. The molecule has 2 aromatic rings. The maximum atomic E-state index is 12.2. The highest BCUT2D eigenvalue weighted by atomic mass is 19.1. The predicted molar refractivity (Wildman–Crippen MR) is 120 cm³/mol.